The summed E-state index contributed by atoms with van der Waals surface area (Å²) in [5.41, 5.74) is -0.228. The third-order valence-electron chi connectivity index (χ3n) is 5.88. The van der Waals surface area contributed by atoms with Gasteiger partial charge < -0.3 is 15.0 Å². The fraction of sp³-hybridized carbons (Fsp3) is 0.889. The van der Waals surface area contributed by atoms with Gasteiger partial charge in [-0.05, 0) is 32.6 Å². The van der Waals surface area contributed by atoms with Crippen molar-refractivity contribution >= 4 is 11.8 Å². The quantitative estimate of drug-likeness (QED) is 0.821. The molecule has 3 aliphatic heterocycles. The average Bonchev–Trinajstić information content (AvgIpc) is 2.97. The van der Waals surface area contributed by atoms with Crippen LogP contribution >= 0.6 is 0 Å². The van der Waals surface area contributed by atoms with E-state index >= 15 is 0 Å². The van der Waals surface area contributed by atoms with Crippen molar-refractivity contribution in [2.45, 2.75) is 63.5 Å². The average molecular weight is 337 g/mol. The maximum absolute atomic E-state index is 12.8. The van der Waals surface area contributed by atoms with E-state index in [-0.39, 0.29) is 23.5 Å². The normalized spacial score (nSPS) is 27.2. The van der Waals surface area contributed by atoms with Crippen LogP contribution in [0.5, 0.6) is 0 Å². The summed E-state index contributed by atoms with van der Waals surface area (Å²) < 4.78 is 6.02. The largest absolute Gasteiger partial charge is 0.373 e. The van der Waals surface area contributed by atoms with E-state index in [1.54, 1.807) is 0 Å². The van der Waals surface area contributed by atoms with E-state index in [0.29, 0.717) is 19.6 Å². The van der Waals surface area contributed by atoms with E-state index in [4.69, 9.17) is 4.74 Å². The van der Waals surface area contributed by atoms with Crippen molar-refractivity contribution in [3.05, 3.63) is 0 Å². The van der Waals surface area contributed by atoms with E-state index in [1.165, 1.54) is 12.8 Å². The lowest BCUT2D eigenvalue weighted by atomic mass is 9.90. The molecule has 3 heterocycles. The summed E-state index contributed by atoms with van der Waals surface area (Å²) in [6.45, 7) is 6.70. The van der Waals surface area contributed by atoms with Crippen LogP contribution in [0.4, 0.5) is 0 Å². The predicted molar refractivity (Wildman–Crippen MR) is 91.6 cm³/mol. The molecule has 1 unspecified atom stereocenters. The summed E-state index contributed by atoms with van der Waals surface area (Å²) in [5, 5.41) is 2.97. The molecular weight excluding hydrogens is 306 g/mol. The minimum Gasteiger partial charge on any atom is -0.373 e. The molecule has 0 bridgehead atoms. The number of hydrogen-bond donors (Lipinski definition) is 1. The van der Waals surface area contributed by atoms with Crippen LogP contribution in [0.1, 0.15) is 51.9 Å². The number of ether oxygens (including phenoxy) is 1. The summed E-state index contributed by atoms with van der Waals surface area (Å²) in [7, 11) is 0. The topological polar surface area (TPSA) is 61.9 Å². The van der Waals surface area contributed by atoms with Crippen LogP contribution in [0.15, 0.2) is 0 Å². The third kappa shape index (κ3) is 4.09. The van der Waals surface area contributed by atoms with Gasteiger partial charge in [0.25, 0.3) is 0 Å². The molecule has 0 aromatic rings. The van der Waals surface area contributed by atoms with Gasteiger partial charge in [0.2, 0.25) is 11.8 Å². The van der Waals surface area contributed by atoms with Crippen LogP contribution in [0.2, 0.25) is 0 Å². The van der Waals surface area contributed by atoms with E-state index in [9.17, 15) is 9.59 Å². The van der Waals surface area contributed by atoms with Crippen LogP contribution in [-0.4, -0.2) is 72.6 Å². The van der Waals surface area contributed by atoms with Crippen LogP contribution in [0, 0.1) is 0 Å². The first-order valence-electron chi connectivity index (χ1n) is 9.53. The third-order valence-corrected chi connectivity index (χ3v) is 5.88. The first kappa shape index (κ1) is 17.7. The smallest absolute Gasteiger partial charge is 0.239 e. The monoisotopic (exact) mass is 337 g/mol. The number of rotatable bonds is 2. The lowest BCUT2D eigenvalue weighted by Crippen LogP contribution is -2.55. The zero-order valence-electron chi connectivity index (χ0n) is 14.9. The maximum atomic E-state index is 12.8. The van der Waals surface area contributed by atoms with Crippen LogP contribution in [0.25, 0.3) is 0 Å². The highest BCUT2D eigenvalue weighted by molar-refractivity contribution is 5.81. The standard InChI is InChI=1S/C18H31N3O3/c1-15(17(23)21-9-4-2-3-5-10-21)20-11-7-18(8-12-20)14-19-16(22)6-13-24-18/h15H,2-14H2,1H3,(H,19,22). The molecule has 3 saturated heterocycles. The number of nitrogens with one attached hydrogen (secondary N) is 1. The van der Waals surface area contributed by atoms with E-state index < -0.39 is 0 Å². The van der Waals surface area contributed by atoms with Gasteiger partial charge in [-0.15, -0.1) is 0 Å². The van der Waals surface area contributed by atoms with Crippen LogP contribution in [0.3, 0.4) is 0 Å². The van der Waals surface area contributed by atoms with Crippen LogP contribution in [-0.2, 0) is 14.3 Å². The predicted octanol–water partition coefficient (Wildman–Crippen LogP) is 1.15. The fourth-order valence-electron chi connectivity index (χ4n) is 4.11. The van der Waals surface area contributed by atoms with E-state index in [2.05, 4.69) is 15.1 Å². The number of piperidine rings is 1. The summed E-state index contributed by atoms with van der Waals surface area (Å²) in [6, 6.07) is -0.0548. The molecule has 6 nitrogen and oxygen atoms in total. The Bertz CT molecular complexity index is 452. The minimum absolute atomic E-state index is 0.0548. The highest BCUT2D eigenvalue weighted by Crippen LogP contribution is 2.28. The molecule has 0 aromatic heterocycles. The van der Waals surface area contributed by atoms with Crippen molar-refractivity contribution in [2.75, 3.05) is 39.3 Å². The number of carbonyl (C=O) groups excluding carboxylic acids is 2. The second-order valence-corrected chi connectivity index (χ2v) is 7.51. The Morgan fingerprint density at radius 2 is 1.79 bits per heavy atom. The molecule has 0 aliphatic carbocycles. The Labute approximate surface area is 144 Å². The molecule has 1 atom stereocenters. The number of nitrogens with zero attached hydrogens (tertiary/aromatic N) is 2. The summed E-state index contributed by atoms with van der Waals surface area (Å²) in [6.07, 6.45) is 6.97. The molecule has 136 valence electrons. The van der Waals surface area contributed by atoms with Gasteiger partial charge in [0, 0.05) is 39.1 Å². The number of carbonyl (C=O) groups is 2. The van der Waals surface area contributed by atoms with E-state index in [1.807, 2.05) is 6.92 Å². The Morgan fingerprint density at radius 1 is 1.12 bits per heavy atom. The number of amides is 2. The van der Waals surface area contributed by atoms with Crippen molar-refractivity contribution in [1.82, 2.24) is 15.1 Å². The SMILES string of the molecule is CC(C(=O)N1CCCCCC1)N1CCC2(CC1)CNC(=O)CCO2. The molecule has 6 heteroatoms. The summed E-state index contributed by atoms with van der Waals surface area (Å²) in [4.78, 5) is 28.7. The van der Waals surface area contributed by atoms with Crippen molar-refractivity contribution in [3.63, 3.8) is 0 Å². The van der Waals surface area contributed by atoms with Crippen molar-refractivity contribution in [1.29, 1.82) is 0 Å². The lowest BCUT2D eigenvalue weighted by molar-refractivity contribution is -0.139. The van der Waals surface area contributed by atoms with Gasteiger partial charge in [0.05, 0.1) is 18.2 Å². The minimum atomic E-state index is -0.228. The first-order chi connectivity index (χ1) is 11.6. The fourth-order valence-corrected chi connectivity index (χ4v) is 4.11. The van der Waals surface area contributed by atoms with Crippen LogP contribution < -0.4 is 5.32 Å². The second kappa shape index (κ2) is 7.83. The molecule has 0 saturated carbocycles. The molecule has 3 aliphatic rings. The molecule has 1 N–H and O–H groups in total. The Balaban J connectivity index is 1.53. The molecule has 3 fully saturated rings. The van der Waals surface area contributed by atoms with Gasteiger partial charge in [-0.3, -0.25) is 14.5 Å². The molecule has 0 aromatic carbocycles. The Hall–Kier alpha value is -1.14. The highest BCUT2D eigenvalue weighted by Gasteiger charge is 2.39. The van der Waals surface area contributed by atoms with Gasteiger partial charge in [-0.25, -0.2) is 0 Å². The van der Waals surface area contributed by atoms with Gasteiger partial charge in [0.15, 0.2) is 0 Å². The number of hydrogen-bond acceptors (Lipinski definition) is 4. The van der Waals surface area contributed by atoms with Gasteiger partial charge in [-0.1, -0.05) is 12.8 Å². The summed E-state index contributed by atoms with van der Waals surface area (Å²) in [5.74, 6) is 0.363. The molecule has 1 spiro atoms. The van der Waals surface area contributed by atoms with Crippen molar-refractivity contribution < 1.29 is 14.3 Å². The molecule has 24 heavy (non-hydrogen) atoms. The first-order valence-corrected chi connectivity index (χ1v) is 9.53. The van der Waals surface area contributed by atoms with Gasteiger partial charge >= 0.3 is 0 Å². The zero-order chi connectivity index (χ0) is 17.0. The zero-order valence-corrected chi connectivity index (χ0v) is 14.9. The molecular formula is C18H31N3O3. The molecule has 0 radical (unpaired) electrons. The van der Waals surface area contributed by atoms with Gasteiger partial charge in [-0.2, -0.15) is 0 Å². The van der Waals surface area contributed by atoms with Gasteiger partial charge in [0.1, 0.15) is 0 Å². The second-order valence-electron chi connectivity index (χ2n) is 7.51. The molecule has 2 amide bonds. The Kier molecular flexibility index (Phi) is 5.76. The summed E-state index contributed by atoms with van der Waals surface area (Å²) >= 11 is 0. The Morgan fingerprint density at radius 3 is 2.46 bits per heavy atom. The van der Waals surface area contributed by atoms with Crippen molar-refractivity contribution in [3.8, 4) is 0 Å². The maximum Gasteiger partial charge on any atom is 0.239 e. The number of likely N-dealkylation sites (tertiary alicyclic amines) is 2. The van der Waals surface area contributed by atoms with Crippen molar-refractivity contribution in [2.24, 2.45) is 0 Å². The highest BCUT2D eigenvalue weighted by atomic mass is 16.5. The van der Waals surface area contributed by atoms with E-state index in [0.717, 1.165) is 51.9 Å². The molecule has 3 rings (SSSR count). The lowest BCUT2D eigenvalue weighted by Gasteiger charge is -2.43.